The normalized spacial score (nSPS) is 32.3. The van der Waals surface area contributed by atoms with Gasteiger partial charge in [-0.2, -0.15) is 0 Å². The van der Waals surface area contributed by atoms with Crippen LogP contribution in [0.2, 0.25) is 0 Å². The predicted molar refractivity (Wildman–Crippen MR) is 57.1 cm³/mol. The molecule has 0 spiro atoms. The Hall–Kier alpha value is -1.08. The molecule has 2 aliphatic rings. The standard InChI is InChI=1S/C13H14O/c1-3-9-4-5-11-10(8-9)6-7-13(2)12(11)14-13/h4-8,12H,3H2,1-2H3. The second kappa shape index (κ2) is 2.48. The summed E-state index contributed by atoms with van der Waals surface area (Å²) in [4.78, 5) is 0. The molecule has 1 heteroatoms. The molecule has 2 unspecified atom stereocenters. The third-order valence-corrected chi connectivity index (χ3v) is 3.27. The molecule has 1 aromatic carbocycles. The van der Waals surface area contributed by atoms with E-state index in [4.69, 9.17) is 4.74 Å². The summed E-state index contributed by atoms with van der Waals surface area (Å²) in [6.07, 6.45) is 5.79. The Balaban J connectivity index is 2.10. The Kier molecular flexibility index (Phi) is 1.46. The first kappa shape index (κ1) is 8.25. The topological polar surface area (TPSA) is 12.5 Å². The number of ether oxygens (including phenoxy) is 1. The maximum absolute atomic E-state index is 5.68. The summed E-state index contributed by atoms with van der Waals surface area (Å²) in [5.74, 6) is 0. The van der Waals surface area contributed by atoms with Gasteiger partial charge >= 0.3 is 0 Å². The lowest BCUT2D eigenvalue weighted by atomic mass is 9.89. The van der Waals surface area contributed by atoms with Crippen molar-refractivity contribution in [3.63, 3.8) is 0 Å². The van der Waals surface area contributed by atoms with Gasteiger partial charge in [-0.15, -0.1) is 0 Å². The zero-order valence-electron chi connectivity index (χ0n) is 8.58. The van der Waals surface area contributed by atoms with Crippen LogP contribution < -0.4 is 0 Å². The van der Waals surface area contributed by atoms with E-state index in [-0.39, 0.29) is 5.60 Å². The summed E-state index contributed by atoms with van der Waals surface area (Å²) in [5, 5.41) is 0. The molecule has 1 fully saturated rings. The lowest BCUT2D eigenvalue weighted by molar-refractivity contribution is 0.347. The molecule has 0 radical (unpaired) electrons. The number of hydrogen-bond donors (Lipinski definition) is 0. The minimum absolute atomic E-state index is 0.000726. The van der Waals surface area contributed by atoms with Crippen molar-refractivity contribution in [2.75, 3.05) is 0 Å². The molecule has 1 saturated heterocycles. The molecule has 3 rings (SSSR count). The largest absolute Gasteiger partial charge is 0.357 e. The number of benzene rings is 1. The van der Waals surface area contributed by atoms with E-state index < -0.39 is 0 Å². The second-order valence-corrected chi connectivity index (χ2v) is 4.33. The van der Waals surface area contributed by atoms with Gasteiger partial charge in [0.25, 0.3) is 0 Å². The molecule has 72 valence electrons. The highest BCUT2D eigenvalue weighted by Crippen LogP contribution is 2.54. The van der Waals surface area contributed by atoms with Crippen LogP contribution in [-0.2, 0) is 11.2 Å². The summed E-state index contributed by atoms with van der Waals surface area (Å²) in [7, 11) is 0. The summed E-state index contributed by atoms with van der Waals surface area (Å²) in [5.41, 5.74) is 4.09. The van der Waals surface area contributed by atoms with Gasteiger partial charge in [0.1, 0.15) is 11.7 Å². The molecule has 1 nitrogen and oxygen atoms in total. The van der Waals surface area contributed by atoms with E-state index in [1.54, 1.807) is 0 Å². The van der Waals surface area contributed by atoms with Gasteiger partial charge in [-0.05, 0) is 36.1 Å². The van der Waals surface area contributed by atoms with Gasteiger partial charge in [0, 0.05) is 0 Å². The molecular formula is C13H14O. The van der Waals surface area contributed by atoms with Crippen LogP contribution in [0, 0.1) is 0 Å². The number of aryl methyl sites for hydroxylation is 1. The fraction of sp³-hybridized carbons (Fsp3) is 0.385. The number of epoxide rings is 1. The van der Waals surface area contributed by atoms with Crippen LogP contribution in [0.25, 0.3) is 6.08 Å². The van der Waals surface area contributed by atoms with E-state index in [9.17, 15) is 0 Å². The van der Waals surface area contributed by atoms with Crippen LogP contribution >= 0.6 is 0 Å². The summed E-state index contributed by atoms with van der Waals surface area (Å²) in [6.45, 7) is 4.33. The maximum Gasteiger partial charge on any atom is 0.117 e. The lowest BCUT2D eigenvalue weighted by Crippen LogP contribution is -2.06. The summed E-state index contributed by atoms with van der Waals surface area (Å²) < 4.78 is 5.68. The minimum Gasteiger partial charge on any atom is -0.357 e. The van der Waals surface area contributed by atoms with Crippen molar-refractivity contribution in [1.82, 2.24) is 0 Å². The SMILES string of the molecule is CCc1ccc2c(c1)C=CC1(C)OC21. The molecule has 0 amide bonds. The van der Waals surface area contributed by atoms with Crippen molar-refractivity contribution in [2.45, 2.75) is 32.0 Å². The maximum atomic E-state index is 5.68. The van der Waals surface area contributed by atoms with Crippen molar-refractivity contribution in [3.8, 4) is 0 Å². The molecule has 14 heavy (non-hydrogen) atoms. The highest BCUT2D eigenvalue weighted by Gasteiger charge is 2.53. The van der Waals surface area contributed by atoms with Crippen LogP contribution in [0.1, 0.15) is 36.6 Å². The predicted octanol–water partition coefficient (Wildman–Crippen LogP) is 3.11. The molecule has 0 bridgehead atoms. The van der Waals surface area contributed by atoms with Crippen LogP contribution in [0.4, 0.5) is 0 Å². The zero-order chi connectivity index (χ0) is 9.76. The van der Waals surface area contributed by atoms with E-state index in [0.29, 0.717) is 6.10 Å². The number of hydrogen-bond acceptors (Lipinski definition) is 1. The Morgan fingerprint density at radius 2 is 2.29 bits per heavy atom. The zero-order valence-corrected chi connectivity index (χ0v) is 8.58. The van der Waals surface area contributed by atoms with Crippen molar-refractivity contribution >= 4 is 6.08 Å². The molecule has 0 aromatic heterocycles. The average Bonchev–Trinajstić information content (AvgIpc) is 2.90. The van der Waals surface area contributed by atoms with Crippen molar-refractivity contribution in [3.05, 3.63) is 41.0 Å². The number of fused-ring (bicyclic) bond motifs is 3. The quantitative estimate of drug-likeness (QED) is 0.614. The van der Waals surface area contributed by atoms with Gasteiger partial charge in [0.15, 0.2) is 0 Å². The molecule has 0 N–H and O–H groups in total. The molecule has 2 atom stereocenters. The third kappa shape index (κ3) is 0.992. The molecular weight excluding hydrogens is 172 g/mol. The first-order chi connectivity index (χ1) is 6.73. The van der Waals surface area contributed by atoms with E-state index in [1.165, 1.54) is 16.7 Å². The van der Waals surface area contributed by atoms with Crippen LogP contribution in [0.15, 0.2) is 24.3 Å². The first-order valence-electron chi connectivity index (χ1n) is 5.23. The van der Waals surface area contributed by atoms with Gasteiger partial charge in [-0.25, -0.2) is 0 Å². The van der Waals surface area contributed by atoms with Gasteiger partial charge in [0.2, 0.25) is 0 Å². The summed E-state index contributed by atoms with van der Waals surface area (Å²) >= 11 is 0. The monoisotopic (exact) mass is 186 g/mol. The smallest absolute Gasteiger partial charge is 0.117 e. The van der Waals surface area contributed by atoms with Crippen LogP contribution in [-0.4, -0.2) is 5.60 Å². The van der Waals surface area contributed by atoms with E-state index in [1.807, 2.05) is 0 Å². The lowest BCUT2D eigenvalue weighted by Gasteiger charge is -2.11. The van der Waals surface area contributed by atoms with Gasteiger partial charge in [-0.3, -0.25) is 0 Å². The molecule has 0 saturated carbocycles. The Morgan fingerprint density at radius 1 is 1.43 bits per heavy atom. The van der Waals surface area contributed by atoms with Crippen molar-refractivity contribution in [1.29, 1.82) is 0 Å². The van der Waals surface area contributed by atoms with E-state index in [0.717, 1.165) is 6.42 Å². The van der Waals surface area contributed by atoms with Crippen LogP contribution in [0.5, 0.6) is 0 Å². The highest BCUT2D eigenvalue weighted by molar-refractivity contribution is 5.63. The number of rotatable bonds is 1. The van der Waals surface area contributed by atoms with E-state index >= 15 is 0 Å². The van der Waals surface area contributed by atoms with Crippen LogP contribution in [0.3, 0.4) is 0 Å². The fourth-order valence-electron chi connectivity index (χ4n) is 2.20. The molecule has 1 aliphatic heterocycles. The van der Waals surface area contributed by atoms with Crippen molar-refractivity contribution < 1.29 is 4.74 Å². The Labute approximate surface area is 84.4 Å². The molecule has 1 aliphatic carbocycles. The minimum atomic E-state index is 0.000726. The Morgan fingerprint density at radius 3 is 3.07 bits per heavy atom. The Bertz CT molecular complexity index is 419. The highest BCUT2D eigenvalue weighted by atomic mass is 16.6. The average molecular weight is 186 g/mol. The van der Waals surface area contributed by atoms with Gasteiger partial charge in [-0.1, -0.05) is 31.2 Å². The second-order valence-electron chi connectivity index (χ2n) is 4.33. The van der Waals surface area contributed by atoms with E-state index in [2.05, 4.69) is 44.2 Å². The third-order valence-electron chi connectivity index (χ3n) is 3.27. The fourth-order valence-corrected chi connectivity index (χ4v) is 2.20. The molecule has 1 heterocycles. The first-order valence-corrected chi connectivity index (χ1v) is 5.23. The molecule has 1 aromatic rings. The summed E-state index contributed by atoms with van der Waals surface area (Å²) in [6, 6.07) is 6.70. The van der Waals surface area contributed by atoms with Gasteiger partial charge < -0.3 is 4.74 Å². The van der Waals surface area contributed by atoms with Gasteiger partial charge in [0.05, 0.1) is 0 Å². The van der Waals surface area contributed by atoms with Crippen molar-refractivity contribution in [2.24, 2.45) is 0 Å².